The van der Waals surface area contributed by atoms with Gasteiger partial charge in [0.2, 0.25) is 0 Å². The van der Waals surface area contributed by atoms with Crippen LogP contribution in [0.1, 0.15) is 50.3 Å². The van der Waals surface area contributed by atoms with Crippen LogP contribution in [-0.4, -0.2) is 41.5 Å². The Morgan fingerprint density at radius 2 is 1.37 bits per heavy atom. The lowest BCUT2D eigenvalue weighted by Gasteiger charge is -2.32. The Morgan fingerprint density at radius 3 is 1.82 bits per heavy atom. The molecule has 0 radical (unpaired) electrons. The molecule has 0 saturated carbocycles. The summed E-state index contributed by atoms with van der Waals surface area (Å²) >= 11 is 0. The third-order valence-corrected chi connectivity index (χ3v) is 7.22. The summed E-state index contributed by atoms with van der Waals surface area (Å²) in [7, 11) is 0. The molecule has 7 nitrogen and oxygen atoms in total. The van der Waals surface area contributed by atoms with E-state index in [4.69, 9.17) is 14.2 Å². The van der Waals surface area contributed by atoms with Gasteiger partial charge in [0, 0.05) is 5.41 Å². The molecular weight excluding hydrogens is 484 g/mol. The third-order valence-electron chi connectivity index (χ3n) is 7.22. The van der Waals surface area contributed by atoms with Crippen molar-refractivity contribution >= 4 is 11.9 Å². The molecule has 1 fully saturated rings. The molecule has 0 aliphatic carbocycles. The van der Waals surface area contributed by atoms with Crippen LogP contribution in [0.15, 0.2) is 72.8 Å². The molecule has 4 rings (SSSR count). The largest absolute Gasteiger partial charge is 0.508 e. The maximum absolute atomic E-state index is 12.8. The number of phenols is 2. The summed E-state index contributed by atoms with van der Waals surface area (Å²) < 4.78 is 16.0. The number of epoxide rings is 1. The van der Waals surface area contributed by atoms with Crippen LogP contribution < -0.4 is 4.74 Å². The van der Waals surface area contributed by atoms with Gasteiger partial charge in [-0.05, 0) is 72.9 Å². The summed E-state index contributed by atoms with van der Waals surface area (Å²) in [5.74, 6) is -0.823. The first-order chi connectivity index (χ1) is 18.2. The van der Waals surface area contributed by atoms with Gasteiger partial charge >= 0.3 is 11.9 Å². The van der Waals surface area contributed by atoms with Gasteiger partial charge in [-0.3, -0.25) is 9.59 Å². The van der Waals surface area contributed by atoms with Gasteiger partial charge < -0.3 is 24.4 Å². The molecule has 1 aliphatic heterocycles. The normalized spacial score (nSPS) is 16.3. The van der Waals surface area contributed by atoms with E-state index in [1.165, 1.54) is 0 Å². The van der Waals surface area contributed by atoms with Crippen molar-refractivity contribution in [1.82, 2.24) is 0 Å². The Morgan fingerprint density at radius 1 is 0.895 bits per heavy atom. The van der Waals surface area contributed by atoms with Gasteiger partial charge in [0.05, 0.1) is 18.4 Å². The van der Waals surface area contributed by atoms with Crippen LogP contribution in [0.5, 0.6) is 17.2 Å². The van der Waals surface area contributed by atoms with E-state index < -0.39 is 17.3 Å². The summed E-state index contributed by atoms with van der Waals surface area (Å²) in [4.78, 5) is 25.2. The fraction of sp³-hybridized carbons (Fsp3) is 0.355. The van der Waals surface area contributed by atoms with E-state index in [-0.39, 0.29) is 36.1 Å². The van der Waals surface area contributed by atoms with Crippen LogP contribution in [0.3, 0.4) is 0 Å². The maximum atomic E-state index is 12.8. The van der Waals surface area contributed by atoms with Crippen molar-refractivity contribution in [1.29, 1.82) is 0 Å². The number of benzene rings is 3. The van der Waals surface area contributed by atoms with E-state index >= 15 is 0 Å². The molecule has 200 valence electrons. The molecule has 3 atom stereocenters. The minimum absolute atomic E-state index is 0.00625. The van der Waals surface area contributed by atoms with Gasteiger partial charge in [0.1, 0.15) is 30.0 Å². The number of aromatic hydroxyl groups is 2. The highest BCUT2D eigenvalue weighted by Crippen LogP contribution is 2.40. The van der Waals surface area contributed by atoms with Crippen molar-refractivity contribution in [2.45, 2.75) is 45.1 Å². The lowest BCUT2D eigenvalue weighted by atomic mass is 9.71. The second kappa shape index (κ2) is 11.7. The summed E-state index contributed by atoms with van der Waals surface area (Å²) in [5, 5.41) is 19.6. The van der Waals surface area contributed by atoms with Gasteiger partial charge in [-0.15, -0.1) is 0 Å². The van der Waals surface area contributed by atoms with Gasteiger partial charge in [0.15, 0.2) is 0 Å². The number of ether oxygens (including phenoxy) is 3. The Balaban J connectivity index is 1.47. The first-order valence-corrected chi connectivity index (χ1v) is 12.9. The fourth-order valence-corrected chi connectivity index (χ4v) is 4.57. The highest BCUT2D eigenvalue weighted by Gasteiger charge is 2.32. The Labute approximate surface area is 223 Å². The summed E-state index contributed by atoms with van der Waals surface area (Å²) in [6.45, 7) is 6.59. The third kappa shape index (κ3) is 6.34. The zero-order valence-corrected chi connectivity index (χ0v) is 21.9. The molecule has 2 N–H and O–H groups in total. The summed E-state index contributed by atoms with van der Waals surface area (Å²) in [6.07, 6.45) is 0.924. The maximum Gasteiger partial charge on any atom is 0.314 e. The van der Waals surface area contributed by atoms with Crippen molar-refractivity contribution in [3.05, 3.63) is 89.5 Å². The zero-order chi connectivity index (χ0) is 27.3. The van der Waals surface area contributed by atoms with Gasteiger partial charge in [-0.2, -0.15) is 0 Å². The highest BCUT2D eigenvalue weighted by molar-refractivity contribution is 5.77. The number of hydrogen-bond acceptors (Lipinski definition) is 7. The Kier molecular flexibility index (Phi) is 8.37. The van der Waals surface area contributed by atoms with Gasteiger partial charge in [0.25, 0.3) is 0 Å². The van der Waals surface area contributed by atoms with Crippen LogP contribution >= 0.6 is 0 Å². The Bertz CT molecular complexity index is 1180. The zero-order valence-electron chi connectivity index (χ0n) is 21.9. The molecule has 1 heterocycles. The monoisotopic (exact) mass is 518 g/mol. The number of carbonyl (C=O) groups is 2. The SMILES string of the molecule is CCC(CC(C)C(=O)Oc1ccc(C(C)(c2ccc(O)cc2)c2ccc(O)cc2)cc1)C(=O)OCC1CO1. The first kappa shape index (κ1) is 27.2. The van der Waals surface area contributed by atoms with Crippen molar-refractivity contribution in [2.75, 3.05) is 13.2 Å². The first-order valence-electron chi connectivity index (χ1n) is 12.9. The predicted octanol–water partition coefficient (Wildman–Crippen LogP) is 5.35. The highest BCUT2D eigenvalue weighted by atomic mass is 16.6. The van der Waals surface area contributed by atoms with Crippen molar-refractivity contribution < 1.29 is 34.0 Å². The molecule has 7 heteroatoms. The second-order valence-corrected chi connectivity index (χ2v) is 9.99. The van der Waals surface area contributed by atoms with E-state index in [1.54, 1.807) is 43.3 Å². The molecular formula is C31H34O7. The fourth-order valence-electron chi connectivity index (χ4n) is 4.57. The summed E-state index contributed by atoms with van der Waals surface area (Å²) in [6, 6.07) is 21.3. The van der Waals surface area contributed by atoms with Crippen LogP contribution in [0.4, 0.5) is 0 Å². The van der Waals surface area contributed by atoms with Crippen LogP contribution in [-0.2, 0) is 24.5 Å². The van der Waals surface area contributed by atoms with E-state index in [2.05, 4.69) is 6.92 Å². The standard InChI is InChI=1S/C31H34O7/c1-4-21(30(35)37-19-28-18-36-28)17-20(2)29(34)38-27-15-9-24(10-16-27)31(3,22-5-11-25(32)12-6-22)23-7-13-26(33)14-8-23/h5-16,20-21,28,32-33H,4,17-19H2,1-3H3. The number of rotatable bonds is 11. The number of carbonyl (C=O) groups excluding carboxylic acids is 2. The average molecular weight is 519 g/mol. The average Bonchev–Trinajstić information content (AvgIpc) is 3.75. The van der Waals surface area contributed by atoms with E-state index in [0.29, 0.717) is 25.2 Å². The number of esters is 2. The van der Waals surface area contributed by atoms with E-state index in [1.807, 2.05) is 43.3 Å². The molecule has 1 aliphatic rings. The molecule has 0 aromatic heterocycles. The minimum Gasteiger partial charge on any atom is -0.508 e. The predicted molar refractivity (Wildman–Crippen MR) is 142 cm³/mol. The van der Waals surface area contributed by atoms with Crippen LogP contribution in [0, 0.1) is 11.8 Å². The van der Waals surface area contributed by atoms with Crippen molar-refractivity contribution in [3.63, 3.8) is 0 Å². The summed E-state index contributed by atoms with van der Waals surface area (Å²) in [5.41, 5.74) is 2.24. The van der Waals surface area contributed by atoms with E-state index in [9.17, 15) is 19.8 Å². The Hall–Kier alpha value is -3.84. The molecule has 0 bridgehead atoms. The quantitative estimate of drug-likeness (QED) is 0.153. The number of phenolic OH excluding ortho intramolecular Hbond substituents is 2. The number of hydrogen-bond donors (Lipinski definition) is 2. The smallest absolute Gasteiger partial charge is 0.314 e. The molecule has 0 spiro atoms. The lowest BCUT2D eigenvalue weighted by Crippen LogP contribution is -2.26. The topological polar surface area (TPSA) is 106 Å². The second-order valence-electron chi connectivity index (χ2n) is 9.99. The van der Waals surface area contributed by atoms with Crippen LogP contribution in [0.2, 0.25) is 0 Å². The van der Waals surface area contributed by atoms with Gasteiger partial charge in [-0.1, -0.05) is 50.2 Å². The minimum atomic E-state index is -0.600. The molecule has 3 aromatic rings. The van der Waals surface area contributed by atoms with Gasteiger partial charge in [-0.25, -0.2) is 0 Å². The van der Waals surface area contributed by atoms with E-state index in [0.717, 1.165) is 16.7 Å². The van der Waals surface area contributed by atoms with Crippen molar-refractivity contribution in [3.8, 4) is 17.2 Å². The molecule has 3 unspecified atom stereocenters. The lowest BCUT2D eigenvalue weighted by molar-refractivity contribution is -0.150. The molecule has 1 saturated heterocycles. The molecule has 38 heavy (non-hydrogen) atoms. The van der Waals surface area contributed by atoms with Crippen LogP contribution in [0.25, 0.3) is 0 Å². The molecule has 3 aromatic carbocycles. The van der Waals surface area contributed by atoms with Crippen molar-refractivity contribution in [2.24, 2.45) is 11.8 Å². The molecule has 0 amide bonds.